The van der Waals surface area contributed by atoms with Crippen molar-refractivity contribution < 1.29 is 4.79 Å². The second kappa shape index (κ2) is 5.29. The lowest BCUT2D eigenvalue weighted by atomic mass is 10.1. The van der Waals surface area contributed by atoms with Crippen LogP contribution in [0.5, 0.6) is 0 Å². The first kappa shape index (κ1) is 11.4. The van der Waals surface area contributed by atoms with Crippen molar-refractivity contribution in [2.45, 2.75) is 19.4 Å². The third-order valence-electron chi connectivity index (χ3n) is 2.42. The second-order valence-electron chi connectivity index (χ2n) is 3.55. The largest absolute Gasteiger partial charge is 0.372 e. The van der Waals surface area contributed by atoms with Crippen molar-refractivity contribution in [1.29, 1.82) is 0 Å². The maximum Gasteiger partial charge on any atom is 0.147 e. The van der Waals surface area contributed by atoms with Gasteiger partial charge in [0.15, 0.2) is 0 Å². The molecule has 0 spiro atoms. The monoisotopic (exact) mass is 204 g/mol. The molecular formula is C12H16N2O. The molecule has 0 aromatic carbocycles. The van der Waals surface area contributed by atoms with Gasteiger partial charge >= 0.3 is 0 Å². The zero-order chi connectivity index (χ0) is 11.3. The van der Waals surface area contributed by atoms with E-state index in [0.29, 0.717) is 0 Å². The molecular weight excluding hydrogens is 188 g/mol. The minimum absolute atomic E-state index is 0.208. The molecule has 1 aliphatic heterocycles. The van der Waals surface area contributed by atoms with Gasteiger partial charge in [0, 0.05) is 37.2 Å². The summed E-state index contributed by atoms with van der Waals surface area (Å²) in [5.41, 5.74) is 1.83. The van der Waals surface area contributed by atoms with Crippen molar-refractivity contribution in [3.63, 3.8) is 0 Å². The fraction of sp³-hybridized carbons (Fsp3) is 0.333. The summed E-state index contributed by atoms with van der Waals surface area (Å²) in [6, 6.07) is 0.208. The smallest absolute Gasteiger partial charge is 0.147 e. The van der Waals surface area contributed by atoms with Gasteiger partial charge in [0.1, 0.15) is 6.29 Å². The van der Waals surface area contributed by atoms with E-state index in [1.165, 1.54) is 0 Å². The molecule has 0 bridgehead atoms. The first-order valence-electron chi connectivity index (χ1n) is 4.88. The number of carbonyl (C=O) groups is 1. The van der Waals surface area contributed by atoms with Crippen LogP contribution in [0.25, 0.3) is 0 Å². The summed E-state index contributed by atoms with van der Waals surface area (Å²) in [4.78, 5) is 16.9. The van der Waals surface area contributed by atoms with E-state index in [4.69, 9.17) is 0 Å². The Morgan fingerprint density at radius 1 is 1.73 bits per heavy atom. The van der Waals surface area contributed by atoms with Crippen LogP contribution in [0.15, 0.2) is 41.7 Å². The predicted molar refractivity (Wildman–Crippen MR) is 62.8 cm³/mol. The zero-order valence-corrected chi connectivity index (χ0v) is 9.18. The lowest BCUT2D eigenvalue weighted by Gasteiger charge is -2.19. The summed E-state index contributed by atoms with van der Waals surface area (Å²) in [7, 11) is 1.96. The van der Waals surface area contributed by atoms with Gasteiger partial charge < -0.3 is 4.90 Å². The third-order valence-corrected chi connectivity index (χ3v) is 2.42. The number of aldehydes is 1. The van der Waals surface area contributed by atoms with Gasteiger partial charge in [-0.1, -0.05) is 12.7 Å². The molecule has 1 rings (SSSR count). The fourth-order valence-electron chi connectivity index (χ4n) is 1.60. The van der Waals surface area contributed by atoms with Crippen molar-refractivity contribution in [3.05, 3.63) is 36.7 Å². The van der Waals surface area contributed by atoms with Gasteiger partial charge in [-0.15, -0.1) is 0 Å². The first-order valence-corrected chi connectivity index (χ1v) is 4.88. The number of allylic oxidation sites excluding steroid dienone is 2. The van der Waals surface area contributed by atoms with Gasteiger partial charge in [-0.25, -0.2) is 0 Å². The van der Waals surface area contributed by atoms with Crippen LogP contribution >= 0.6 is 0 Å². The van der Waals surface area contributed by atoms with Crippen LogP contribution in [0.3, 0.4) is 0 Å². The molecule has 15 heavy (non-hydrogen) atoms. The Kier molecular flexibility index (Phi) is 4.03. The number of carbonyl (C=O) groups excluding carboxylic acids is 1. The first-order chi connectivity index (χ1) is 7.19. The number of hydrogen-bond acceptors (Lipinski definition) is 3. The predicted octanol–water partition coefficient (Wildman–Crippen LogP) is 1.93. The van der Waals surface area contributed by atoms with Crippen LogP contribution in [0.1, 0.15) is 13.3 Å². The quantitative estimate of drug-likeness (QED) is 0.398. The van der Waals surface area contributed by atoms with Crippen molar-refractivity contribution >= 4 is 12.0 Å². The molecule has 0 saturated heterocycles. The number of hydrogen-bond donors (Lipinski definition) is 0. The SMILES string of the molecule is C=C/C=C\N=C(/C)C1CC(C=O)=CN1C. The van der Waals surface area contributed by atoms with E-state index >= 15 is 0 Å². The summed E-state index contributed by atoms with van der Waals surface area (Å²) < 4.78 is 0. The van der Waals surface area contributed by atoms with E-state index < -0.39 is 0 Å². The Hall–Kier alpha value is -1.64. The van der Waals surface area contributed by atoms with Crippen molar-refractivity contribution in [1.82, 2.24) is 4.90 Å². The van der Waals surface area contributed by atoms with Crippen LogP contribution in [0, 0.1) is 0 Å². The maximum absolute atomic E-state index is 10.6. The molecule has 0 aromatic rings. The molecule has 0 radical (unpaired) electrons. The number of aliphatic imine (C=N–C) groups is 1. The van der Waals surface area contributed by atoms with Crippen LogP contribution < -0.4 is 0 Å². The summed E-state index contributed by atoms with van der Waals surface area (Å²) in [6.45, 7) is 5.54. The summed E-state index contributed by atoms with van der Waals surface area (Å²) in [6.07, 6.45) is 8.71. The Labute approximate surface area is 90.5 Å². The lowest BCUT2D eigenvalue weighted by molar-refractivity contribution is -0.105. The Bertz CT molecular complexity index is 340. The molecule has 0 amide bonds. The summed E-state index contributed by atoms with van der Waals surface area (Å²) >= 11 is 0. The Morgan fingerprint density at radius 2 is 2.47 bits per heavy atom. The third kappa shape index (κ3) is 2.91. The summed E-state index contributed by atoms with van der Waals surface area (Å²) in [5, 5.41) is 0. The van der Waals surface area contributed by atoms with E-state index in [-0.39, 0.29) is 6.04 Å². The second-order valence-corrected chi connectivity index (χ2v) is 3.55. The maximum atomic E-state index is 10.6. The summed E-state index contributed by atoms with van der Waals surface area (Å²) in [5.74, 6) is 0. The van der Waals surface area contributed by atoms with E-state index in [2.05, 4.69) is 11.6 Å². The van der Waals surface area contributed by atoms with Crippen LogP contribution in [-0.4, -0.2) is 30.0 Å². The van der Waals surface area contributed by atoms with Crippen molar-refractivity contribution in [2.24, 2.45) is 4.99 Å². The van der Waals surface area contributed by atoms with Crippen molar-refractivity contribution in [2.75, 3.05) is 7.05 Å². The molecule has 0 N–H and O–H groups in total. The van der Waals surface area contributed by atoms with E-state index in [0.717, 1.165) is 24.0 Å². The van der Waals surface area contributed by atoms with E-state index in [1.807, 2.05) is 25.1 Å². The molecule has 1 aliphatic rings. The van der Waals surface area contributed by atoms with Gasteiger partial charge in [0.2, 0.25) is 0 Å². The molecule has 1 unspecified atom stereocenters. The van der Waals surface area contributed by atoms with Gasteiger partial charge in [-0.3, -0.25) is 9.79 Å². The molecule has 0 aliphatic carbocycles. The topological polar surface area (TPSA) is 32.7 Å². The van der Waals surface area contributed by atoms with Gasteiger partial charge in [-0.2, -0.15) is 0 Å². The Balaban J connectivity index is 2.67. The average Bonchev–Trinajstić information content (AvgIpc) is 2.60. The average molecular weight is 204 g/mol. The van der Waals surface area contributed by atoms with Gasteiger partial charge in [-0.05, 0) is 13.0 Å². The zero-order valence-electron chi connectivity index (χ0n) is 9.18. The minimum Gasteiger partial charge on any atom is -0.372 e. The highest BCUT2D eigenvalue weighted by atomic mass is 16.1. The van der Waals surface area contributed by atoms with Crippen LogP contribution in [0.2, 0.25) is 0 Å². The number of rotatable bonds is 4. The van der Waals surface area contributed by atoms with Gasteiger partial charge in [0.25, 0.3) is 0 Å². The highest BCUT2D eigenvalue weighted by Gasteiger charge is 2.23. The van der Waals surface area contributed by atoms with E-state index in [9.17, 15) is 4.79 Å². The minimum atomic E-state index is 0.208. The van der Waals surface area contributed by atoms with Gasteiger partial charge in [0.05, 0.1) is 6.04 Å². The molecule has 3 heteroatoms. The molecule has 0 fully saturated rings. The van der Waals surface area contributed by atoms with Crippen LogP contribution in [-0.2, 0) is 4.79 Å². The Morgan fingerprint density at radius 3 is 3.00 bits per heavy atom. The fourth-order valence-corrected chi connectivity index (χ4v) is 1.60. The molecule has 80 valence electrons. The molecule has 3 nitrogen and oxygen atoms in total. The molecule has 1 atom stereocenters. The molecule has 1 heterocycles. The normalized spacial score (nSPS) is 22.0. The molecule has 0 aromatic heterocycles. The number of nitrogens with zero attached hydrogens (tertiary/aromatic N) is 2. The standard InChI is InChI=1S/C12H16N2O/c1-4-5-6-13-10(2)12-7-11(9-15)8-14(12)3/h4-6,8-9,12H,1,7H2,2-3H3/b6-5-,13-10+. The molecule has 0 saturated carbocycles. The highest BCUT2D eigenvalue weighted by Crippen LogP contribution is 2.19. The highest BCUT2D eigenvalue weighted by molar-refractivity contribution is 5.90. The van der Waals surface area contributed by atoms with Crippen LogP contribution in [0.4, 0.5) is 0 Å². The van der Waals surface area contributed by atoms with Crippen molar-refractivity contribution in [3.8, 4) is 0 Å². The lowest BCUT2D eigenvalue weighted by Crippen LogP contribution is -2.29. The van der Waals surface area contributed by atoms with E-state index in [1.54, 1.807) is 18.4 Å².